The van der Waals surface area contributed by atoms with Crippen molar-refractivity contribution in [3.05, 3.63) is 78.4 Å². The molecule has 3 heteroatoms. The van der Waals surface area contributed by atoms with Crippen LogP contribution in [-0.4, -0.2) is 25.3 Å². The molecule has 0 fully saturated rings. The molecule has 0 aromatic heterocycles. The molecule has 2 aromatic rings. The molecule has 23 heavy (non-hydrogen) atoms. The summed E-state index contributed by atoms with van der Waals surface area (Å²) in [6, 6.07) is 21.6. The quantitative estimate of drug-likeness (QED) is 0.479. The van der Waals surface area contributed by atoms with Crippen molar-refractivity contribution in [1.29, 1.82) is 0 Å². The number of methoxy groups -OCH3 is 1. The molecule has 0 unspecified atom stereocenters. The van der Waals surface area contributed by atoms with Crippen LogP contribution in [0.4, 0.5) is 0 Å². The van der Waals surface area contributed by atoms with Gasteiger partial charge in [0.25, 0.3) is 0 Å². The van der Waals surface area contributed by atoms with Gasteiger partial charge in [0.1, 0.15) is 6.79 Å². The molecule has 2 rings (SSSR count). The van der Waals surface area contributed by atoms with Crippen LogP contribution in [0.5, 0.6) is 0 Å². The summed E-state index contributed by atoms with van der Waals surface area (Å²) in [5.74, 6) is 0. The van der Waals surface area contributed by atoms with E-state index in [1.807, 2.05) is 6.61 Å². The summed E-state index contributed by atoms with van der Waals surface area (Å²) >= 11 is 0. The van der Waals surface area contributed by atoms with Gasteiger partial charge in [0.15, 0.2) is 0 Å². The van der Waals surface area contributed by atoms with E-state index in [1.165, 1.54) is 11.1 Å². The molecule has 0 saturated carbocycles. The van der Waals surface area contributed by atoms with Crippen molar-refractivity contribution in [2.24, 2.45) is 0 Å². The highest BCUT2D eigenvalue weighted by Gasteiger charge is 2.15. The maximum atomic E-state index is 5.29. The summed E-state index contributed by atoms with van der Waals surface area (Å²) in [6.07, 6.45) is 0.868. The van der Waals surface area contributed by atoms with Gasteiger partial charge < -0.3 is 9.47 Å². The lowest BCUT2D eigenvalue weighted by atomic mass is 10.1. The standard InChI is InChI=1S/C20H26NO2/c1-18(20-12-7-4-8-13-20)21(14-9-15-23-17-22-2)16-19-10-5-3-6-11-19/h3-8,10-13,15,18H,9,14,16-17H2,1-2H3/t18-/m0/s1. The molecule has 1 radical (unpaired) electrons. The van der Waals surface area contributed by atoms with Gasteiger partial charge in [0.05, 0.1) is 6.61 Å². The number of rotatable bonds is 10. The summed E-state index contributed by atoms with van der Waals surface area (Å²) in [7, 11) is 1.63. The summed E-state index contributed by atoms with van der Waals surface area (Å²) in [5.41, 5.74) is 2.66. The third-order valence-corrected chi connectivity index (χ3v) is 3.90. The van der Waals surface area contributed by atoms with E-state index < -0.39 is 0 Å². The Hall–Kier alpha value is -1.68. The Bertz CT molecular complexity index is 530. The fraction of sp³-hybridized carbons (Fsp3) is 0.350. The Morgan fingerprint density at radius 1 is 1.00 bits per heavy atom. The predicted octanol–water partition coefficient (Wildman–Crippen LogP) is 4.42. The molecule has 0 spiro atoms. The van der Waals surface area contributed by atoms with Crippen LogP contribution < -0.4 is 0 Å². The first-order valence-electron chi connectivity index (χ1n) is 8.06. The van der Waals surface area contributed by atoms with Gasteiger partial charge in [-0.25, -0.2) is 0 Å². The SMILES string of the molecule is COCO[CH]CCN(Cc1ccccc1)[C@@H](C)c1ccccc1. The number of hydrogen-bond acceptors (Lipinski definition) is 3. The lowest BCUT2D eigenvalue weighted by Gasteiger charge is -2.29. The first-order chi connectivity index (χ1) is 11.3. The van der Waals surface area contributed by atoms with Crippen LogP contribution in [0.3, 0.4) is 0 Å². The summed E-state index contributed by atoms with van der Waals surface area (Å²) in [6.45, 7) is 6.27. The molecular formula is C20H26NO2. The predicted molar refractivity (Wildman–Crippen MR) is 93.6 cm³/mol. The lowest BCUT2D eigenvalue weighted by molar-refractivity contribution is -0.00470. The number of hydrogen-bond donors (Lipinski definition) is 0. The van der Waals surface area contributed by atoms with Crippen molar-refractivity contribution in [3.8, 4) is 0 Å². The van der Waals surface area contributed by atoms with Gasteiger partial charge in [-0.15, -0.1) is 0 Å². The average Bonchev–Trinajstić information content (AvgIpc) is 2.61. The number of ether oxygens (including phenoxy) is 2. The van der Waals surface area contributed by atoms with Gasteiger partial charge in [0.2, 0.25) is 0 Å². The van der Waals surface area contributed by atoms with Crippen LogP contribution in [-0.2, 0) is 16.0 Å². The fourth-order valence-electron chi connectivity index (χ4n) is 2.59. The monoisotopic (exact) mass is 312 g/mol. The minimum atomic E-state index is 0.312. The Kier molecular flexibility index (Phi) is 7.81. The van der Waals surface area contributed by atoms with Crippen molar-refractivity contribution in [2.75, 3.05) is 20.4 Å². The summed E-state index contributed by atoms with van der Waals surface area (Å²) in [4.78, 5) is 2.47. The minimum absolute atomic E-state index is 0.312. The van der Waals surface area contributed by atoms with Crippen molar-refractivity contribution < 1.29 is 9.47 Å². The van der Waals surface area contributed by atoms with E-state index in [4.69, 9.17) is 9.47 Å². The molecule has 0 heterocycles. The van der Waals surface area contributed by atoms with E-state index in [-0.39, 0.29) is 0 Å². The second-order valence-corrected chi connectivity index (χ2v) is 5.57. The van der Waals surface area contributed by atoms with Crippen molar-refractivity contribution in [3.63, 3.8) is 0 Å². The smallest absolute Gasteiger partial charge is 0.146 e. The third kappa shape index (κ3) is 6.14. The Morgan fingerprint density at radius 2 is 1.65 bits per heavy atom. The first kappa shape index (κ1) is 17.7. The fourth-order valence-corrected chi connectivity index (χ4v) is 2.59. The largest absolute Gasteiger partial charge is 0.359 e. The van der Waals surface area contributed by atoms with Gasteiger partial charge in [-0.05, 0) is 24.5 Å². The highest BCUT2D eigenvalue weighted by Crippen LogP contribution is 2.22. The maximum Gasteiger partial charge on any atom is 0.146 e. The van der Waals surface area contributed by atoms with E-state index in [0.717, 1.165) is 19.5 Å². The summed E-state index contributed by atoms with van der Waals surface area (Å²) in [5, 5.41) is 0. The Labute approximate surface area is 139 Å². The number of nitrogens with zero attached hydrogens (tertiary/aromatic N) is 1. The average molecular weight is 312 g/mol. The van der Waals surface area contributed by atoms with Crippen molar-refractivity contribution in [1.82, 2.24) is 4.90 Å². The van der Waals surface area contributed by atoms with Gasteiger partial charge in [-0.2, -0.15) is 0 Å². The van der Waals surface area contributed by atoms with E-state index in [0.29, 0.717) is 12.8 Å². The molecule has 123 valence electrons. The molecule has 0 N–H and O–H groups in total. The van der Waals surface area contributed by atoms with Crippen LogP contribution in [0, 0.1) is 6.61 Å². The molecule has 2 aromatic carbocycles. The summed E-state index contributed by atoms with van der Waals surface area (Å²) < 4.78 is 10.2. The van der Waals surface area contributed by atoms with Crippen LogP contribution in [0.15, 0.2) is 60.7 Å². The Balaban J connectivity index is 1.98. The second-order valence-electron chi connectivity index (χ2n) is 5.57. The van der Waals surface area contributed by atoms with Crippen LogP contribution in [0.1, 0.15) is 30.5 Å². The van der Waals surface area contributed by atoms with Gasteiger partial charge in [-0.1, -0.05) is 60.7 Å². The molecule has 0 amide bonds. The van der Waals surface area contributed by atoms with Gasteiger partial charge in [-0.3, -0.25) is 4.90 Å². The topological polar surface area (TPSA) is 21.7 Å². The zero-order valence-electron chi connectivity index (χ0n) is 14.0. The molecule has 0 saturated heterocycles. The number of benzene rings is 2. The highest BCUT2D eigenvalue weighted by atomic mass is 16.7. The molecule has 0 aliphatic heterocycles. The second kappa shape index (κ2) is 10.2. The van der Waals surface area contributed by atoms with E-state index in [1.54, 1.807) is 7.11 Å². The van der Waals surface area contributed by atoms with Crippen LogP contribution in [0.2, 0.25) is 0 Å². The molecular weight excluding hydrogens is 286 g/mol. The highest BCUT2D eigenvalue weighted by molar-refractivity contribution is 5.20. The Morgan fingerprint density at radius 3 is 2.30 bits per heavy atom. The van der Waals surface area contributed by atoms with Gasteiger partial charge >= 0.3 is 0 Å². The van der Waals surface area contributed by atoms with Crippen molar-refractivity contribution in [2.45, 2.75) is 25.9 Å². The normalized spacial score (nSPS) is 12.5. The first-order valence-corrected chi connectivity index (χ1v) is 8.06. The minimum Gasteiger partial charge on any atom is -0.359 e. The zero-order valence-corrected chi connectivity index (χ0v) is 14.0. The van der Waals surface area contributed by atoms with E-state index >= 15 is 0 Å². The molecule has 3 nitrogen and oxygen atoms in total. The molecule has 0 aliphatic carbocycles. The third-order valence-electron chi connectivity index (χ3n) is 3.90. The van der Waals surface area contributed by atoms with E-state index in [2.05, 4.69) is 72.5 Å². The molecule has 0 bridgehead atoms. The van der Waals surface area contributed by atoms with Crippen LogP contribution >= 0.6 is 0 Å². The maximum absolute atomic E-state index is 5.29. The van der Waals surface area contributed by atoms with Crippen molar-refractivity contribution >= 4 is 0 Å². The molecule has 0 aliphatic rings. The van der Waals surface area contributed by atoms with Crippen LogP contribution in [0.25, 0.3) is 0 Å². The lowest BCUT2D eigenvalue weighted by Crippen LogP contribution is -2.28. The molecule has 1 atom stereocenters. The zero-order chi connectivity index (χ0) is 16.3. The van der Waals surface area contributed by atoms with Gasteiger partial charge in [0, 0.05) is 26.2 Å². The van der Waals surface area contributed by atoms with E-state index in [9.17, 15) is 0 Å².